The van der Waals surface area contributed by atoms with E-state index in [-0.39, 0.29) is 6.09 Å². The highest BCUT2D eigenvalue weighted by molar-refractivity contribution is 5.67. The van der Waals surface area contributed by atoms with Crippen molar-refractivity contribution < 1.29 is 14.6 Å². The molecule has 5 heteroatoms. The average Bonchev–Trinajstić information content (AvgIpc) is 2.54. The molecule has 3 N–H and O–H groups in total. The van der Waals surface area contributed by atoms with Crippen molar-refractivity contribution in [2.24, 2.45) is 0 Å². The number of hydrogen-bond acceptors (Lipinski definition) is 4. The molecule has 5 nitrogen and oxygen atoms in total. The monoisotopic (exact) mass is 346 g/mol. The number of benzene rings is 1. The molecule has 1 saturated heterocycles. The van der Waals surface area contributed by atoms with Gasteiger partial charge in [-0.3, -0.25) is 0 Å². The van der Waals surface area contributed by atoms with Crippen LogP contribution in [0.2, 0.25) is 0 Å². The largest absolute Gasteiger partial charge is 0.444 e. The zero-order chi connectivity index (χ0) is 18.3. The molecule has 0 aliphatic carbocycles. The summed E-state index contributed by atoms with van der Waals surface area (Å²) in [5.41, 5.74) is 0.890. The Balaban J connectivity index is 1.77. The predicted octanol–water partition coefficient (Wildman–Crippen LogP) is 3.19. The van der Waals surface area contributed by atoms with Crippen LogP contribution in [0.15, 0.2) is 30.3 Å². The molecule has 1 amide bonds. The fourth-order valence-corrected chi connectivity index (χ4v) is 2.82. The van der Waals surface area contributed by atoms with E-state index < -0.39 is 11.2 Å². The van der Waals surface area contributed by atoms with Gasteiger partial charge in [0.2, 0.25) is 0 Å². The van der Waals surface area contributed by atoms with E-state index in [2.05, 4.69) is 10.6 Å². The van der Waals surface area contributed by atoms with E-state index in [1.807, 2.05) is 57.2 Å². The van der Waals surface area contributed by atoms with Crippen LogP contribution < -0.4 is 10.6 Å². The molecule has 0 saturated carbocycles. The SMILES string of the molecule is CC(C)(C)OC(=O)NCCC=Cc1ccc(C2(O)CCNCC2)cc1. The van der Waals surface area contributed by atoms with Crippen LogP contribution in [0.4, 0.5) is 4.79 Å². The molecule has 1 fully saturated rings. The van der Waals surface area contributed by atoms with Gasteiger partial charge in [0.15, 0.2) is 0 Å². The summed E-state index contributed by atoms with van der Waals surface area (Å²) in [6, 6.07) is 8.05. The smallest absolute Gasteiger partial charge is 0.407 e. The summed E-state index contributed by atoms with van der Waals surface area (Å²) < 4.78 is 5.18. The van der Waals surface area contributed by atoms with Crippen LogP contribution in [0.25, 0.3) is 6.08 Å². The number of alkyl carbamates (subject to hydrolysis) is 1. The van der Waals surface area contributed by atoms with E-state index in [1.165, 1.54) is 0 Å². The second-order valence-electron chi connectivity index (χ2n) is 7.52. The van der Waals surface area contributed by atoms with E-state index >= 15 is 0 Å². The number of aliphatic hydroxyl groups is 1. The lowest BCUT2D eigenvalue weighted by atomic mass is 9.85. The minimum Gasteiger partial charge on any atom is -0.444 e. The Morgan fingerprint density at radius 3 is 2.52 bits per heavy atom. The molecule has 1 aliphatic heterocycles. The minimum atomic E-state index is -0.704. The number of hydrogen-bond donors (Lipinski definition) is 3. The number of carbonyl (C=O) groups excluding carboxylic acids is 1. The number of piperidine rings is 1. The lowest BCUT2D eigenvalue weighted by Crippen LogP contribution is -2.39. The van der Waals surface area contributed by atoms with Crippen LogP contribution in [0.1, 0.15) is 51.2 Å². The highest BCUT2D eigenvalue weighted by Crippen LogP contribution is 2.30. The van der Waals surface area contributed by atoms with Gasteiger partial charge in [-0.2, -0.15) is 0 Å². The molecule has 0 spiro atoms. The Labute approximate surface area is 150 Å². The van der Waals surface area contributed by atoms with Crippen molar-refractivity contribution in [3.05, 3.63) is 41.5 Å². The van der Waals surface area contributed by atoms with Gasteiger partial charge in [-0.1, -0.05) is 36.4 Å². The van der Waals surface area contributed by atoms with Gasteiger partial charge in [0.25, 0.3) is 0 Å². The average molecular weight is 346 g/mol. The van der Waals surface area contributed by atoms with Crippen LogP contribution in [-0.4, -0.2) is 36.4 Å². The molecule has 0 aromatic heterocycles. The van der Waals surface area contributed by atoms with Gasteiger partial charge in [0.1, 0.15) is 5.60 Å². The fraction of sp³-hybridized carbons (Fsp3) is 0.550. The van der Waals surface area contributed by atoms with Crippen molar-refractivity contribution in [3.8, 4) is 0 Å². The quantitative estimate of drug-likeness (QED) is 0.716. The summed E-state index contributed by atoms with van der Waals surface area (Å²) in [5, 5.41) is 16.7. The van der Waals surface area contributed by atoms with Crippen molar-refractivity contribution in [1.82, 2.24) is 10.6 Å². The van der Waals surface area contributed by atoms with Crippen LogP contribution >= 0.6 is 0 Å². The van der Waals surface area contributed by atoms with Crippen molar-refractivity contribution in [3.63, 3.8) is 0 Å². The van der Waals surface area contributed by atoms with Crippen LogP contribution in [0, 0.1) is 0 Å². The third-order valence-electron chi connectivity index (χ3n) is 4.17. The first kappa shape index (κ1) is 19.5. The Bertz CT molecular complexity index is 582. The van der Waals surface area contributed by atoms with Crippen molar-refractivity contribution >= 4 is 12.2 Å². The molecule has 1 aromatic rings. The third-order valence-corrected chi connectivity index (χ3v) is 4.17. The lowest BCUT2D eigenvalue weighted by Gasteiger charge is -2.33. The van der Waals surface area contributed by atoms with E-state index in [1.54, 1.807) is 0 Å². The molecule has 1 aromatic carbocycles. The summed E-state index contributed by atoms with van der Waals surface area (Å²) in [4.78, 5) is 11.5. The molecule has 2 rings (SSSR count). The second-order valence-corrected chi connectivity index (χ2v) is 7.52. The summed E-state index contributed by atoms with van der Waals surface area (Å²) in [7, 11) is 0. The van der Waals surface area contributed by atoms with Gasteiger partial charge < -0.3 is 20.5 Å². The van der Waals surface area contributed by atoms with Crippen LogP contribution in [0.5, 0.6) is 0 Å². The van der Waals surface area contributed by atoms with Gasteiger partial charge in [0, 0.05) is 6.54 Å². The van der Waals surface area contributed by atoms with Gasteiger partial charge >= 0.3 is 6.09 Å². The number of carbonyl (C=O) groups is 1. The third kappa shape index (κ3) is 6.52. The molecule has 1 heterocycles. The zero-order valence-electron chi connectivity index (χ0n) is 15.5. The maximum atomic E-state index is 11.5. The molecular weight excluding hydrogens is 316 g/mol. The first-order valence-corrected chi connectivity index (χ1v) is 8.96. The maximum absolute atomic E-state index is 11.5. The van der Waals surface area contributed by atoms with Gasteiger partial charge in [-0.05, 0) is 64.3 Å². The Hall–Kier alpha value is -1.85. The van der Waals surface area contributed by atoms with Crippen LogP contribution in [-0.2, 0) is 10.3 Å². The fourth-order valence-electron chi connectivity index (χ4n) is 2.82. The summed E-state index contributed by atoms with van der Waals surface area (Å²) in [5.74, 6) is 0. The number of nitrogens with one attached hydrogen (secondary N) is 2. The predicted molar refractivity (Wildman–Crippen MR) is 100 cm³/mol. The van der Waals surface area contributed by atoms with Gasteiger partial charge in [-0.15, -0.1) is 0 Å². The first-order chi connectivity index (χ1) is 11.8. The van der Waals surface area contributed by atoms with E-state index in [0.717, 1.165) is 43.5 Å². The van der Waals surface area contributed by atoms with Crippen molar-refractivity contribution in [2.45, 2.75) is 51.2 Å². The van der Waals surface area contributed by atoms with Gasteiger partial charge in [-0.25, -0.2) is 4.79 Å². The molecule has 0 radical (unpaired) electrons. The molecule has 138 valence electrons. The summed E-state index contributed by atoms with van der Waals surface area (Å²) >= 11 is 0. The van der Waals surface area contributed by atoms with Crippen molar-refractivity contribution in [1.29, 1.82) is 0 Å². The van der Waals surface area contributed by atoms with Gasteiger partial charge in [0.05, 0.1) is 5.60 Å². The van der Waals surface area contributed by atoms with Crippen molar-refractivity contribution in [2.75, 3.05) is 19.6 Å². The van der Waals surface area contributed by atoms with E-state index in [9.17, 15) is 9.90 Å². The molecule has 0 atom stereocenters. The molecule has 25 heavy (non-hydrogen) atoms. The van der Waals surface area contributed by atoms with E-state index in [0.29, 0.717) is 6.54 Å². The second kappa shape index (κ2) is 8.50. The highest BCUT2D eigenvalue weighted by Gasteiger charge is 2.30. The standard InChI is InChI=1S/C20H30N2O3/c1-19(2,3)25-18(23)22-13-5-4-6-16-7-9-17(10-8-16)20(24)11-14-21-15-12-20/h4,6-10,21,24H,5,11-15H2,1-3H3,(H,22,23). The van der Waals surface area contributed by atoms with Crippen LogP contribution in [0.3, 0.4) is 0 Å². The Morgan fingerprint density at radius 1 is 1.28 bits per heavy atom. The number of amides is 1. The topological polar surface area (TPSA) is 70.6 Å². The minimum absolute atomic E-state index is 0.388. The molecule has 1 aliphatic rings. The Morgan fingerprint density at radius 2 is 1.92 bits per heavy atom. The summed E-state index contributed by atoms with van der Waals surface area (Å²) in [6.07, 6.45) is 5.88. The maximum Gasteiger partial charge on any atom is 0.407 e. The summed E-state index contributed by atoms with van der Waals surface area (Å²) in [6.45, 7) is 7.77. The Kier molecular flexibility index (Phi) is 6.62. The normalized spacial score (nSPS) is 17.4. The van der Waals surface area contributed by atoms with E-state index in [4.69, 9.17) is 4.74 Å². The number of rotatable bonds is 5. The molecule has 0 bridgehead atoms. The zero-order valence-corrected chi connectivity index (χ0v) is 15.5. The first-order valence-electron chi connectivity index (χ1n) is 8.96. The molecule has 0 unspecified atom stereocenters. The molecular formula is C20H30N2O3. The number of ether oxygens (including phenoxy) is 1. The highest BCUT2D eigenvalue weighted by atomic mass is 16.6. The lowest BCUT2D eigenvalue weighted by molar-refractivity contribution is 0.00593.